The van der Waals surface area contributed by atoms with Crippen LogP contribution in [0.15, 0.2) is 18.7 Å². The number of hydrogen-bond acceptors (Lipinski definition) is 8. The first kappa shape index (κ1) is 19.5. The van der Waals surface area contributed by atoms with Gasteiger partial charge in [0.15, 0.2) is 17.0 Å². The predicted octanol–water partition coefficient (Wildman–Crippen LogP) is 1.72. The van der Waals surface area contributed by atoms with E-state index in [1.54, 1.807) is 18.7 Å². The largest absolute Gasteiger partial charge is 0.364 e. The third-order valence-electron chi connectivity index (χ3n) is 6.38. The monoisotopic (exact) mass is 436 g/mol. The molecule has 10 heteroatoms. The molecule has 5 rings (SSSR count). The maximum atomic E-state index is 13.0. The maximum absolute atomic E-state index is 13.0. The standard InChI is InChI=1S/C22H29N9O/c1-4-31-20(15-10-23-14(2)24-11-15)28-18-19(25-13-26-21(18)31)27-16-7-9-30(12-16)22(32)17-6-5-8-29(17)3/h10-11,13,16-17H,4-9,12H2,1-3H3,(H,25,26,27)/t16?,17-/m0/s1/i3D. The van der Waals surface area contributed by atoms with Crippen molar-refractivity contribution in [2.45, 2.75) is 51.7 Å². The van der Waals surface area contributed by atoms with Crippen LogP contribution in [0.3, 0.4) is 0 Å². The Labute approximate surface area is 188 Å². The maximum Gasteiger partial charge on any atom is 0.239 e. The molecular formula is C22H29N9O. The molecule has 3 aromatic heterocycles. The first-order chi connectivity index (χ1) is 16.1. The fourth-order valence-corrected chi connectivity index (χ4v) is 4.66. The molecule has 0 radical (unpaired) electrons. The van der Waals surface area contributed by atoms with Crippen molar-refractivity contribution in [1.82, 2.24) is 39.3 Å². The summed E-state index contributed by atoms with van der Waals surface area (Å²) in [6.45, 7) is 6.78. The number of fused-ring (bicyclic) bond motifs is 1. The molecule has 1 N–H and O–H groups in total. The normalized spacial score (nSPS) is 21.9. The van der Waals surface area contributed by atoms with E-state index >= 15 is 0 Å². The number of aryl methyl sites for hydroxylation is 2. The summed E-state index contributed by atoms with van der Waals surface area (Å²) in [5.41, 5.74) is 2.30. The average Bonchev–Trinajstić information content (AvgIpc) is 3.57. The minimum absolute atomic E-state index is 0.0934. The van der Waals surface area contributed by atoms with Gasteiger partial charge in [0.25, 0.3) is 0 Å². The summed E-state index contributed by atoms with van der Waals surface area (Å²) in [5, 5.41) is 3.51. The van der Waals surface area contributed by atoms with E-state index in [9.17, 15) is 4.79 Å². The molecule has 1 amide bonds. The van der Waals surface area contributed by atoms with Crippen molar-refractivity contribution in [3.8, 4) is 11.4 Å². The number of hydrogen-bond donors (Lipinski definition) is 1. The van der Waals surface area contributed by atoms with Crippen molar-refractivity contribution in [2.24, 2.45) is 0 Å². The minimum Gasteiger partial charge on any atom is -0.364 e. The van der Waals surface area contributed by atoms with Crippen LogP contribution in [0.1, 0.15) is 33.4 Å². The molecule has 3 aromatic rings. The Morgan fingerprint density at radius 2 is 2.06 bits per heavy atom. The Morgan fingerprint density at radius 1 is 1.22 bits per heavy atom. The van der Waals surface area contributed by atoms with E-state index in [1.807, 2.05) is 21.3 Å². The van der Waals surface area contributed by atoms with Crippen molar-refractivity contribution in [3.05, 3.63) is 24.5 Å². The molecule has 0 aliphatic carbocycles. The molecule has 0 saturated carbocycles. The molecule has 0 aromatic carbocycles. The Morgan fingerprint density at radius 3 is 2.84 bits per heavy atom. The van der Waals surface area contributed by atoms with Gasteiger partial charge in [-0.05, 0) is 46.7 Å². The average molecular weight is 437 g/mol. The fourth-order valence-electron chi connectivity index (χ4n) is 4.66. The van der Waals surface area contributed by atoms with Crippen molar-refractivity contribution in [3.63, 3.8) is 0 Å². The van der Waals surface area contributed by atoms with Crippen molar-refractivity contribution >= 4 is 22.9 Å². The van der Waals surface area contributed by atoms with E-state index in [0.29, 0.717) is 36.8 Å². The van der Waals surface area contributed by atoms with Crippen LogP contribution in [0.2, 0.25) is 0 Å². The number of rotatable bonds is 5. The summed E-state index contributed by atoms with van der Waals surface area (Å²) in [7, 11) is 0.180. The fraction of sp³-hybridized carbons (Fsp3) is 0.545. The smallest absolute Gasteiger partial charge is 0.239 e. The van der Waals surface area contributed by atoms with Crippen molar-refractivity contribution < 1.29 is 6.17 Å². The highest BCUT2D eigenvalue weighted by molar-refractivity contribution is 5.86. The van der Waals surface area contributed by atoms with Gasteiger partial charge in [-0.25, -0.2) is 24.9 Å². The van der Waals surface area contributed by atoms with Crippen LogP contribution < -0.4 is 5.32 Å². The number of likely N-dealkylation sites (tertiary alicyclic amines) is 2. The highest BCUT2D eigenvalue weighted by Gasteiger charge is 2.35. The lowest BCUT2D eigenvalue weighted by molar-refractivity contribution is -0.134. The molecule has 10 nitrogen and oxygen atoms in total. The van der Waals surface area contributed by atoms with Gasteiger partial charge < -0.3 is 14.8 Å². The zero-order valence-electron chi connectivity index (χ0n) is 19.5. The lowest BCUT2D eigenvalue weighted by Gasteiger charge is -2.25. The number of nitrogens with one attached hydrogen (secondary N) is 1. The zero-order chi connectivity index (χ0) is 22.9. The highest BCUT2D eigenvalue weighted by atomic mass is 16.2. The number of imidazole rings is 1. The van der Waals surface area contributed by atoms with Gasteiger partial charge in [0.05, 0.1) is 11.6 Å². The van der Waals surface area contributed by atoms with Gasteiger partial charge in [0, 0.05) is 39.4 Å². The number of nitrogens with zero attached hydrogens (tertiary/aromatic N) is 8. The third-order valence-corrected chi connectivity index (χ3v) is 6.38. The minimum atomic E-state index is -0.147. The van der Waals surface area contributed by atoms with Gasteiger partial charge in [0.1, 0.15) is 18.0 Å². The number of aromatic nitrogens is 6. The van der Waals surface area contributed by atoms with E-state index in [4.69, 9.17) is 6.35 Å². The molecule has 32 heavy (non-hydrogen) atoms. The predicted molar refractivity (Wildman–Crippen MR) is 121 cm³/mol. The van der Waals surface area contributed by atoms with Gasteiger partial charge in [-0.15, -0.1) is 0 Å². The topological polar surface area (TPSA) is 105 Å². The van der Waals surface area contributed by atoms with Crippen LogP contribution in [0.5, 0.6) is 0 Å². The van der Waals surface area contributed by atoms with E-state index in [2.05, 4.69) is 32.2 Å². The summed E-state index contributed by atoms with van der Waals surface area (Å²) in [6.07, 6.45) is 7.78. The van der Waals surface area contributed by atoms with Gasteiger partial charge in [-0.1, -0.05) is 0 Å². The molecular weight excluding hydrogens is 406 g/mol. The second kappa shape index (κ2) is 8.42. The second-order valence-electron chi connectivity index (χ2n) is 8.48. The van der Waals surface area contributed by atoms with Gasteiger partial charge >= 0.3 is 0 Å². The summed E-state index contributed by atoms with van der Waals surface area (Å²) in [4.78, 5) is 39.3. The first-order valence-electron chi connectivity index (χ1n) is 11.9. The Balaban J connectivity index is 1.36. The van der Waals surface area contributed by atoms with Crippen LogP contribution in [0.4, 0.5) is 5.82 Å². The van der Waals surface area contributed by atoms with E-state index < -0.39 is 0 Å². The molecule has 2 fully saturated rings. The van der Waals surface area contributed by atoms with E-state index in [0.717, 1.165) is 42.8 Å². The number of carbonyl (C=O) groups is 1. The van der Waals surface area contributed by atoms with Crippen LogP contribution in [-0.2, 0) is 11.3 Å². The second-order valence-corrected chi connectivity index (χ2v) is 8.48. The van der Waals surface area contributed by atoms with Gasteiger partial charge in [-0.3, -0.25) is 9.69 Å². The Bertz CT molecular complexity index is 1150. The SMILES string of the molecule is [2H]CN1CCC[C@H]1C(=O)N1CCC(Nc2ncnc3c2nc(-c2cnc(C)nc2)n3CC)C1. The van der Waals surface area contributed by atoms with E-state index in [-0.39, 0.29) is 25.0 Å². The van der Waals surface area contributed by atoms with Gasteiger partial charge in [0.2, 0.25) is 5.91 Å². The molecule has 5 heterocycles. The van der Waals surface area contributed by atoms with Crippen LogP contribution >= 0.6 is 0 Å². The Hall–Kier alpha value is -3.14. The lowest BCUT2D eigenvalue weighted by Crippen LogP contribution is -2.44. The molecule has 2 aliphatic heterocycles. The van der Waals surface area contributed by atoms with Crippen molar-refractivity contribution in [2.75, 3.05) is 32.0 Å². The quantitative estimate of drug-likeness (QED) is 0.645. The first-order valence-corrected chi connectivity index (χ1v) is 11.2. The Kier molecular flexibility index (Phi) is 5.14. The molecule has 1 unspecified atom stereocenters. The summed E-state index contributed by atoms with van der Waals surface area (Å²) >= 11 is 0. The molecule has 2 atom stereocenters. The van der Waals surface area contributed by atoms with Gasteiger partial charge in [-0.2, -0.15) is 0 Å². The highest BCUT2D eigenvalue weighted by Crippen LogP contribution is 2.28. The number of anilines is 1. The molecule has 2 saturated heterocycles. The molecule has 2 aliphatic rings. The zero-order valence-corrected chi connectivity index (χ0v) is 18.5. The molecule has 0 bridgehead atoms. The summed E-state index contributed by atoms with van der Waals surface area (Å²) < 4.78 is 9.72. The van der Waals surface area contributed by atoms with Crippen LogP contribution in [0, 0.1) is 6.92 Å². The molecule has 168 valence electrons. The number of amides is 1. The molecule has 0 spiro atoms. The van der Waals surface area contributed by atoms with Crippen LogP contribution in [-0.4, -0.2) is 83.9 Å². The van der Waals surface area contributed by atoms with E-state index in [1.165, 1.54) is 0 Å². The lowest BCUT2D eigenvalue weighted by atomic mass is 10.2. The summed E-state index contributed by atoms with van der Waals surface area (Å²) in [6, 6.07) is -0.0533. The van der Waals surface area contributed by atoms with Crippen molar-refractivity contribution in [1.29, 1.82) is 0 Å². The number of carbonyl (C=O) groups excluding carboxylic acids is 1. The number of likely N-dealkylation sites (N-methyl/N-ethyl adjacent to an activating group) is 1. The van der Waals surface area contributed by atoms with Crippen LogP contribution in [0.25, 0.3) is 22.6 Å². The third kappa shape index (κ3) is 3.68. The summed E-state index contributed by atoms with van der Waals surface area (Å²) in [5.74, 6) is 2.29.